The molecule has 0 heterocycles. The average molecular weight is 379 g/mol. The molecular weight excluding hydrogens is 340 g/mol. The number of esters is 1. The van der Waals surface area contributed by atoms with Crippen molar-refractivity contribution in [3.05, 3.63) is 0 Å². The minimum absolute atomic E-state index is 0.129. The number of methoxy groups -OCH3 is 1. The molecule has 1 atom stereocenters. The fourth-order valence-electron chi connectivity index (χ4n) is 3.04. The zero-order valence-corrected chi connectivity index (χ0v) is 17.0. The molecule has 6 heteroatoms. The fourth-order valence-corrected chi connectivity index (χ4v) is 3.85. The number of hydrogen-bond acceptors (Lipinski definition) is 4. The van der Waals surface area contributed by atoms with E-state index in [1.54, 1.807) is 0 Å². The predicted octanol–water partition coefficient (Wildman–Crippen LogP) is 5.29. The Morgan fingerprint density at radius 3 is 1.48 bits per heavy atom. The van der Waals surface area contributed by atoms with Gasteiger partial charge in [0.25, 0.3) is 10.1 Å². The fraction of sp³-hybridized carbons (Fsp3) is 0.947. The van der Waals surface area contributed by atoms with Gasteiger partial charge >= 0.3 is 5.97 Å². The van der Waals surface area contributed by atoms with E-state index < -0.39 is 21.3 Å². The van der Waals surface area contributed by atoms with Gasteiger partial charge in [0, 0.05) is 0 Å². The van der Waals surface area contributed by atoms with Gasteiger partial charge in [-0.15, -0.1) is 0 Å². The Kier molecular flexibility index (Phi) is 15.2. The Bertz CT molecular complexity index is 420. The van der Waals surface area contributed by atoms with Crippen molar-refractivity contribution >= 4 is 16.1 Å². The summed E-state index contributed by atoms with van der Waals surface area (Å²) in [5.74, 6) is -0.878. The van der Waals surface area contributed by atoms with Crippen molar-refractivity contribution in [2.24, 2.45) is 0 Å². The van der Waals surface area contributed by atoms with Crippen LogP contribution in [0, 0.1) is 0 Å². The Morgan fingerprint density at radius 2 is 1.16 bits per heavy atom. The van der Waals surface area contributed by atoms with Crippen LogP contribution in [0.1, 0.15) is 103 Å². The van der Waals surface area contributed by atoms with E-state index in [4.69, 9.17) is 4.55 Å². The normalized spacial score (nSPS) is 12.9. The lowest BCUT2D eigenvalue weighted by Crippen LogP contribution is -2.30. The molecule has 0 aliphatic heterocycles. The predicted molar refractivity (Wildman–Crippen MR) is 102 cm³/mol. The minimum Gasteiger partial charge on any atom is -0.468 e. The summed E-state index contributed by atoms with van der Waals surface area (Å²) in [6, 6.07) is 0. The van der Waals surface area contributed by atoms with Crippen LogP contribution in [0.15, 0.2) is 0 Å². The first kappa shape index (κ1) is 24.4. The van der Waals surface area contributed by atoms with Gasteiger partial charge < -0.3 is 4.74 Å². The molecule has 0 bridgehead atoms. The second kappa shape index (κ2) is 15.6. The molecule has 1 unspecified atom stereocenters. The van der Waals surface area contributed by atoms with Crippen molar-refractivity contribution in [1.82, 2.24) is 0 Å². The molecule has 0 fully saturated rings. The maximum Gasteiger partial charge on any atom is 0.326 e. The quantitative estimate of drug-likeness (QED) is 0.211. The minimum atomic E-state index is -4.37. The van der Waals surface area contributed by atoms with Crippen molar-refractivity contribution in [2.75, 3.05) is 7.11 Å². The molecule has 0 radical (unpaired) electrons. The molecule has 1 N–H and O–H groups in total. The second-order valence-corrected chi connectivity index (χ2v) is 8.51. The van der Waals surface area contributed by atoms with E-state index in [0.29, 0.717) is 6.42 Å². The summed E-state index contributed by atoms with van der Waals surface area (Å²) < 4.78 is 35.8. The van der Waals surface area contributed by atoms with Gasteiger partial charge in [-0.05, 0) is 6.42 Å². The number of carbonyl (C=O) groups excluding carboxylic acids is 1. The molecule has 5 nitrogen and oxygen atoms in total. The van der Waals surface area contributed by atoms with Gasteiger partial charge in [-0.3, -0.25) is 9.35 Å². The first-order valence-corrected chi connectivity index (χ1v) is 11.5. The van der Waals surface area contributed by atoms with Crippen LogP contribution in [0.5, 0.6) is 0 Å². The molecular formula is C19H38O5S. The molecule has 0 aromatic carbocycles. The highest BCUT2D eigenvalue weighted by Crippen LogP contribution is 2.15. The number of hydrogen-bond donors (Lipinski definition) is 1. The third kappa shape index (κ3) is 14.3. The molecule has 0 saturated heterocycles. The summed E-state index contributed by atoms with van der Waals surface area (Å²) in [5.41, 5.74) is 0. The van der Waals surface area contributed by atoms with Gasteiger partial charge in [0.1, 0.15) is 0 Å². The van der Waals surface area contributed by atoms with Gasteiger partial charge in [0.05, 0.1) is 7.11 Å². The van der Waals surface area contributed by atoms with Crippen molar-refractivity contribution in [2.45, 2.75) is 108 Å². The van der Waals surface area contributed by atoms with Crippen LogP contribution in [-0.2, 0) is 19.6 Å². The summed E-state index contributed by atoms with van der Waals surface area (Å²) in [7, 11) is -3.24. The van der Waals surface area contributed by atoms with E-state index in [0.717, 1.165) is 26.4 Å². The van der Waals surface area contributed by atoms with E-state index in [9.17, 15) is 13.2 Å². The van der Waals surface area contributed by atoms with Crippen LogP contribution in [0.2, 0.25) is 0 Å². The Morgan fingerprint density at radius 1 is 0.800 bits per heavy atom. The van der Waals surface area contributed by atoms with Gasteiger partial charge in [0.2, 0.25) is 0 Å². The molecule has 0 saturated carbocycles. The standard InChI is InChI=1S/C19H38O5S/c1-3-4-5-6-7-8-9-10-11-12-13-14-15-16-17-18(19(20)24-2)25(21,22)23/h18H,3-17H2,1-2H3,(H,21,22,23). The summed E-state index contributed by atoms with van der Waals surface area (Å²) in [6.45, 7) is 2.24. The second-order valence-electron chi connectivity index (χ2n) is 6.91. The molecule has 25 heavy (non-hydrogen) atoms. The van der Waals surface area contributed by atoms with Crippen LogP contribution >= 0.6 is 0 Å². The van der Waals surface area contributed by atoms with Crippen LogP contribution in [0.3, 0.4) is 0 Å². The van der Waals surface area contributed by atoms with Gasteiger partial charge in [-0.2, -0.15) is 8.42 Å². The van der Waals surface area contributed by atoms with Crippen molar-refractivity contribution < 1.29 is 22.5 Å². The SMILES string of the molecule is CCCCCCCCCCCCCCCCC(C(=O)OC)S(=O)(=O)O. The zero-order chi connectivity index (χ0) is 19.0. The molecule has 0 aromatic heterocycles. The van der Waals surface area contributed by atoms with Crippen LogP contribution in [-0.4, -0.2) is 31.3 Å². The van der Waals surface area contributed by atoms with E-state index >= 15 is 0 Å². The molecule has 0 aliphatic carbocycles. The monoisotopic (exact) mass is 378 g/mol. The average Bonchev–Trinajstić information content (AvgIpc) is 2.56. The van der Waals surface area contributed by atoms with Crippen molar-refractivity contribution in [3.8, 4) is 0 Å². The topological polar surface area (TPSA) is 80.7 Å². The van der Waals surface area contributed by atoms with Gasteiger partial charge in [-0.1, -0.05) is 96.8 Å². The van der Waals surface area contributed by atoms with E-state index in [1.807, 2.05) is 0 Å². The van der Waals surface area contributed by atoms with E-state index in [1.165, 1.54) is 64.2 Å². The van der Waals surface area contributed by atoms with E-state index in [-0.39, 0.29) is 6.42 Å². The Balaban J connectivity index is 3.47. The Hall–Kier alpha value is -0.620. The lowest BCUT2D eigenvalue weighted by Gasteiger charge is -2.11. The summed E-state index contributed by atoms with van der Waals surface area (Å²) in [6.07, 6.45) is 17.1. The van der Waals surface area contributed by atoms with Crippen LogP contribution in [0.4, 0.5) is 0 Å². The summed E-state index contributed by atoms with van der Waals surface area (Å²) >= 11 is 0. The van der Waals surface area contributed by atoms with E-state index in [2.05, 4.69) is 11.7 Å². The van der Waals surface area contributed by atoms with Gasteiger partial charge in [-0.25, -0.2) is 0 Å². The third-order valence-electron chi connectivity index (χ3n) is 4.64. The molecule has 0 aromatic rings. The molecule has 0 spiro atoms. The number of rotatable bonds is 17. The highest BCUT2D eigenvalue weighted by molar-refractivity contribution is 7.87. The smallest absolute Gasteiger partial charge is 0.326 e. The largest absolute Gasteiger partial charge is 0.468 e. The number of unbranched alkanes of at least 4 members (excludes halogenated alkanes) is 13. The lowest BCUT2D eigenvalue weighted by molar-refractivity contribution is -0.140. The zero-order valence-electron chi connectivity index (χ0n) is 16.2. The molecule has 0 aliphatic rings. The van der Waals surface area contributed by atoms with Gasteiger partial charge in [0.15, 0.2) is 5.25 Å². The van der Waals surface area contributed by atoms with Crippen molar-refractivity contribution in [3.63, 3.8) is 0 Å². The molecule has 0 rings (SSSR count). The van der Waals surface area contributed by atoms with Crippen LogP contribution < -0.4 is 0 Å². The maximum absolute atomic E-state index is 11.4. The highest BCUT2D eigenvalue weighted by atomic mass is 32.2. The third-order valence-corrected chi connectivity index (χ3v) is 5.79. The summed E-state index contributed by atoms with van der Waals surface area (Å²) in [5, 5.41) is -1.44. The lowest BCUT2D eigenvalue weighted by atomic mass is 10.0. The first-order chi connectivity index (χ1) is 11.9. The maximum atomic E-state index is 11.4. The molecule has 0 amide bonds. The van der Waals surface area contributed by atoms with Crippen LogP contribution in [0.25, 0.3) is 0 Å². The highest BCUT2D eigenvalue weighted by Gasteiger charge is 2.31. The molecule has 150 valence electrons. The van der Waals surface area contributed by atoms with Crippen molar-refractivity contribution in [1.29, 1.82) is 0 Å². The first-order valence-electron chi connectivity index (χ1n) is 9.97. The number of carbonyl (C=O) groups is 1. The summed E-state index contributed by atoms with van der Waals surface area (Å²) in [4.78, 5) is 11.4. The Labute approximate surface area is 154 Å². The number of ether oxygens (including phenoxy) is 1.